The first-order chi connectivity index (χ1) is 15.2. The van der Waals surface area contributed by atoms with Crippen LogP contribution >= 0.6 is 0 Å². The highest BCUT2D eigenvalue weighted by Crippen LogP contribution is 2.22. The molecule has 1 N–H and O–H groups in total. The van der Waals surface area contributed by atoms with E-state index in [1.165, 1.54) is 0 Å². The first-order valence-electron chi connectivity index (χ1n) is 10.1. The molecule has 4 aromatic rings. The highest BCUT2D eigenvalue weighted by Gasteiger charge is 2.12. The molecule has 0 aliphatic rings. The summed E-state index contributed by atoms with van der Waals surface area (Å²) >= 11 is 0. The fourth-order valence-corrected chi connectivity index (χ4v) is 3.10. The van der Waals surface area contributed by atoms with Crippen molar-refractivity contribution in [2.45, 2.75) is 13.5 Å². The van der Waals surface area contributed by atoms with Gasteiger partial charge in [0.05, 0.1) is 6.61 Å². The van der Waals surface area contributed by atoms with Crippen LogP contribution in [-0.4, -0.2) is 12.5 Å². The van der Waals surface area contributed by atoms with Crippen LogP contribution in [0, 0.1) is 0 Å². The second kappa shape index (κ2) is 9.67. The van der Waals surface area contributed by atoms with E-state index in [0.29, 0.717) is 23.8 Å². The average Bonchev–Trinajstić information content (AvgIpc) is 3.29. The van der Waals surface area contributed by atoms with Crippen molar-refractivity contribution in [2.75, 3.05) is 11.9 Å². The van der Waals surface area contributed by atoms with Crippen LogP contribution in [0.2, 0.25) is 0 Å². The molecule has 0 aliphatic carbocycles. The van der Waals surface area contributed by atoms with Gasteiger partial charge in [-0.2, -0.15) is 0 Å². The maximum absolute atomic E-state index is 12.5. The summed E-state index contributed by atoms with van der Waals surface area (Å²) in [7, 11) is 0. The number of hydrogen-bond donors (Lipinski definition) is 1. The lowest BCUT2D eigenvalue weighted by Crippen LogP contribution is -2.10. The summed E-state index contributed by atoms with van der Waals surface area (Å²) in [5, 5.41) is 2.85. The predicted octanol–water partition coefficient (Wildman–Crippen LogP) is 6.18. The summed E-state index contributed by atoms with van der Waals surface area (Å²) in [6.45, 7) is 2.79. The summed E-state index contributed by atoms with van der Waals surface area (Å²) in [5.74, 6) is 1.99. The molecule has 0 radical (unpaired) electrons. The third kappa shape index (κ3) is 5.34. The first-order valence-corrected chi connectivity index (χ1v) is 10.1. The van der Waals surface area contributed by atoms with E-state index in [0.717, 1.165) is 16.9 Å². The largest absolute Gasteiger partial charge is 0.494 e. The van der Waals surface area contributed by atoms with Crippen molar-refractivity contribution < 1.29 is 18.7 Å². The molecule has 0 bridgehead atoms. The Bertz CT molecular complexity index is 1120. The number of rotatable bonds is 8. The second-order valence-electron chi connectivity index (χ2n) is 6.86. The van der Waals surface area contributed by atoms with Gasteiger partial charge in [0, 0.05) is 5.69 Å². The monoisotopic (exact) mass is 413 g/mol. The van der Waals surface area contributed by atoms with Gasteiger partial charge in [0.25, 0.3) is 5.91 Å². The number of ether oxygens (including phenoxy) is 2. The lowest BCUT2D eigenvalue weighted by molar-refractivity contribution is 0.0992. The molecule has 31 heavy (non-hydrogen) atoms. The van der Waals surface area contributed by atoms with Crippen molar-refractivity contribution in [3.05, 3.63) is 103 Å². The summed E-state index contributed by atoms with van der Waals surface area (Å²) in [6.07, 6.45) is 0. The summed E-state index contributed by atoms with van der Waals surface area (Å²) in [6, 6.07) is 28.5. The molecule has 0 atom stereocenters. The molecule has 0 spiro atoms. The Labute approximate surface area is 181 Å². The van der Waals surface area contributed by atoms with Crippen LogP contribution in [-0.2, 0) is 6.61 Å². The van der Waals surface area contributed by atoms with Gasteiger partial charge < -0.3 is 19.2 Å². The number of hydrogen-bond acceptors (Lipinski definition) is 4. The normalized spacial score (nSPS) is 10.5. The fraction of sp³-hybridized carbons (Fsp3) is 0.115. The maximum atomic E-state index is 12.5. The molecular formula is C26H23NO4. The van der Waals surface area contributed by atoms with Crippen molar-refractivity contribution >= 4 is 11.6 Å². The van der Waals surface area contributed by atoms with Crippen molar-refractivity contribution in [3.63, 3.8) is 0 Å². The van der Waals surface area contributed by atoms with E-state index in [1.54, 1.807) is 12.1 Å². The Morgan fingerprint density at radius 1 is 0.774 bits per heavy atom. The van der Waals surface area contributed by atoms with Crippen molar-refractivity contribution in [1.82, 2.24) is 0 Å². The van der Waals surface area contributed by atoms with Gasteiger partial charge in [-0.1, -0.05) is 42.5 Å². The van der Waals surface area contributed by atoms with Crippen LogP contribution < -0.4 is 14.8 Å². The van der Waals surface area contributed by atoms with Crippen LogP contribution in [0.3, 0.4) is 0 Å². The van der Waals surface area contributed by atoms with E-state index in [9.17, 15) is 4.79 Å². The number of carbonyl (C=O) groups excluding carboxylic acids is 1. The van der Waals surface area contributed by atoms with Gasteiger partial charge in [-0.15, -0.1) is 0 Å². The molecule has 0 aliphatic heterocycles. The Kier molecular flexibility index (Phi) is 6.33. The number of amides is 1. The molecular weight excluding hydrogens is 390 g/mol. The maximum Gasteiger partial charge on any atom is 0.291 e. The number of furan rings is 1. The van der Waals surface area contributed by atoms with E-state index in [-0.39, 0.29) is 18.3 Å². The van der Waals surface area contributed by atoms with Gasteiger partial charge in [0.15, 0.2) is 5.76 Å². The van der Waals surface area contributed by atoms with Gasteiger partial charge >= 0.3 is 0 Å². The molecule has 1 heterocycles. The van der Waals surface area contributed by atoms with Gasteiger partial charge in [-0.05, 0) is 66.6 Å². The van der Waals surface area contributed by atoms with Gasteiger partial charge in [-0.25, -0.2) is 0 Å². The van der Waals surface area contributed by atoms with Crippen molar-refractivity contribution in [2.24, 2.45) is 0 Å². The molecule has 0 saturated heterocycles. The Hall–Kier alpha value is -3.99. The van der Waals surface area contributed by atoms with E-state index in [4.69, 9.17) is 13.9 Å². The minimum Gasteiger partial charge on any atom is -0.494 e. The lowest BCUT2D eigenvalue weighted by Gasteiger charge is -2.07. The third-order valence-corrected chi connectivity index (χ3v) is 4.65. The lowest BCUT2D eigenvalue weighted by atomic mass is 10.1. The van der Waals surface area contributed by atoms with E-state index in [1.807, 2.05) is 85.8 Å². The highest BCUT2D eigenvalue weighted by molar-refractivity contribution is 6.02. The van der Waals surface area contributed by atoms with Crippen molar-refractivity contribution in [1.29, 1.82) is 0 Å². The standard InChI is InChI=1S/C26H23NO4/c1-2-29-22-12-14-23(15-13-22)30-18-24-16-17-25(31-24)26(28)27-21-10-8-20(9-11-21)19-6-4-3-5-7-19/h3-17H,2,18H2,1H3,(H,27,28). The zero-order valence-electron chi connectivity index (χ0n) is 17.2. The van der Waals surface area contributed by atoms with Gasteiger partial charge in [0.2, 0.25) is 0 Å². The van der Waals surface area contributed by atoms with E-state index >= 15 is 0 Å². The second-order valence-corrected chi connectivity index (χ2v) is 6.86. The minimum atomic E-state index is -0.306. The smallest absolute Gasteiger partial charge is 0.291 e. The Morgan fingerprint density at radius 3 is 2.10 bits per heavy atom. The summed E-state index contributed by atoms with van der Waals surface area (Å²) < 4.78 is 16.8. The van der Waals surface area contributed by atoms with Crippen LogP contribution in [0.4, 0.5) is 5.69 Å². The number of nitrogens with one attached hydrogen (secondary N) is 1. The molecule has 1 aromatic heterocycles. The van der Waals surface area contributed by atoms with Crippen LogP contribution in [0.5, 0.6) is 11.5 Å². The molecule has 4 rings (SSSR count). The van der Waals surface area contributed by atoms with Crippen LogP contribution in [0.1, 0.15) is 23.2 Å². The van der Waals surface area contributed by atoms with Crippen LogP contribution in [0.25, 0.3) is 11.1 Å². The molecule has 0 fully saturated rings. The molecule has 5 heteroatoms. The first kappa shape index (κ1) is 20.3. The van der Waals surface area contributed by atoms with Crippen LogP contribution in [0.15, 0.2) is 95.4 Å². The van der Waals surface area contributed by atoms with Gasteiger partial charge in [-0.3, -0.25) is 4.79 Å². The number of carbonyl (C=O) groups is 1. The number of benzene rings is 3. The Morgan fingerprint density at radius 2 is 1.42 bits per heavy atom. The molecule has 3 aromatic carbocycles. The zero-order valence-corrected chi connectivity index (χ0v) is 17.2. The topological polar surface area (TPSA) is 60.7 Å². The molecule has 1 amide bonds. The van der Waals surface area contributed by atoms with E-state index in [2.05, 4.69) is 5.32 Å². The average molecular weight is 413 g/mol. The molecule has 0 saturated carbocycles. The zero-order chi connectivity index (χ0) is 21.5. The van der Waals surface area contributed by atoms with Crippen molar-refractivity contribution in [3.8, 4) is 22.6 Å². The summed E-state index contributed by atoms with van der Waals surface area (Å²) in [4.78, 5) is 12.5. The van der Waals surface area contributed by atoms with E-state index < -0.39 is 0 Å². The highest BCUT2D eigenvalue weighted by atomic mass is 16.5. The SMILES string of the molecule is CCOc1ccc(OCc2ccc(C(=O)Nc3ccc(-c4ccccc4)cc3)o2)cc1. The Balaban J connectivity index is 1.32. The summed E-state index contributed by atoms with van der Waals surface area (Å²) in [5.41, 5.74) is 2.92. The molecule has 5 nitrogen and oxygen atoms in total. The number of anilines is 1. The van der Waals surface area contributed by atoms with Gasteiger partial charge in [0.1, 0.15) is 23.9 Å². The predicted molar refractivity (Wildman–Crippen MR) is 120 cm³/mol. The molecule has 0 unspecified atom stereocenters. The minimum absolute atomic E-state index is 0.229. The fourth-order valence-electron chi connectivity index (χ4n) is 3.10. The quantitative estimate of drug-likeness (QED) is 0.375. The molecule has 156 valence electrons. The third-order valence-electron chi connectivity index (χ3n) is 4.65.